The normalized spacial score (nSPS) is 21.4. The molecule has 2 heterocycles. The van der Waals surface area contributed by atoms with E-state index >= 15 is 0 Å². The zero-order valence-corrected chi connectivity index (χ0v) is 11.6. The number of nitrogens with one attached hydrogen (secondary N) is 1. The summed E-state index contributed by atoms with van der Waals surface area (Å²) in [6, 6.07) is 2.57. The van der Waals surface area contributed by atoms with E-state index in [0.717, 1.165) is 12.8 Å². The average molecular weight is 286 g/mol. The van der Waals surface area contributed by atoms with Crippen LogP contribution in [0.5, 0.6) is 0 Å². The molecule has 1 atom stereocenters. The van der Waals surface area contributed by atoms with E-state index in [1.165, 1.54) is 22.6 Å². The van der Waals surface area contributed by atoms with Crippen molar-refractivity contribution in [1.29, 1.82) is 0 Å². The predicted octanol–water partition coefficient (Wildman–Crippen LogP) is 0.422. The van der Waals surface area contributed by atoms with Crippen molar-refractivity contribution in [2.75, 3.05) is 26.8 Å². The molecule has 1 aliphatic heterocycles. The molecule has 106 valence electrons. The minimum absolute atomic E-state index is 0.130. The van der Waals surface area contributed by atoms with Crippen LogP contribution in [0, 0.1) is 5.92 Å². The highest BCUT2D eigenvalue weighted by Gasteiger charge is 2.30. The molecule has 1 aromatic heterocycles. The van der Waals surface area contributed by atoms with E-state index in [2.05, 4.69) is 4.98 Å². The third-order valence-corrected chi connectivity index (χ3v) is 5.14. The molecule has 2 rings (SSSR count). The number of nitrogens with zero attached hydrogens (tertiary/aromatic N) is 1. The summed E-state index contributed by atoms with van der Waals surface area (Å²) in [5.74, 6) is 0.233. The van der Waals surface area contributed by atoms with Crippen LogP contribution in [0.4, 0.5) is 0 Å². The smallest absolute Gasteiger partial charge is 0.247 e. The maximum absolute atomic E-state index is 12.4. The van der Waals surface area contributed by atoms with Crippen molar-refractivity contribution in [3.8, 4) is 0 Å². The first-order valence-electron chi connectivity index (χ1n) is 6.22. The fourth-order valence-electron chi connectivity index (χ4n) is 2.32. The monoisotopic (exact) mass is 286 g/mol. The molecule has 1 unspecified atom stereocenters. The number of sulfonamides is 1. The number of aromatic nitrogens is 1. The largest absolute Gasteiger partial charge is 0.384 e. The number of pyridine rings is 1. The third-order valence-electron chi connectivity index (χ3n) is 3.28. The fraction of sp³-hybridized carbons (Fsp3) is 0.583. The standard InChI is InChI=1S/C12H18N2O4S/c1-18-9-10-3-2-6-14(8-10)19(16,17)11-4-5-12(15)13-7-11/h4-5,7,10H,2-3,6,8-9H2,1H3,(H,13,15). The van der Waals surface area contributed by atoms with Gasteiger partial charge in [0.05, 0.1) is 11.5 Å². The van der Waals surface area contributed by atoms with Gasteiger partial charge in [0.15, 0.2) is 0 Å². The van der Waals surface area contributed by atoms with E-state index in [1.807, 2.05) is 0 Å². The topological polar surface area (TPSA) is 79.5 Å². The van der Waals surface area contributed by atoms with Gasteiger partial charge in [0.25, 0.3) is 0 Å². The van der Waals surface area contributed by atoms with Crippen LogP contribution in [0.25, 0.3) is 0 Å². The van der Waals surface area contributed by atoms with Crippen LogP contribution >= 0.6 is 0 Å². The number of methoxy groups -OCH3 is 1. The lowest BCUT2D eigenvalue weighted by molar-refractivity contribution is 0.118. The molecule has 1 aliphatic rings. The Morgan fingerprint density at radius 1 is 1.47 bits per heavy atom. The summed E-state index contributed by atoms with van der Waals surface area (Å²) in [7, 11) is -1.90. The van der Waals surface area contributed by atoms with Crippen LogP contribution in [0.15, 0.2) is 28.0 Å². The van der Waals surface area contributed by atoms with Crippen molar-refractivity contribution >= 4 is 10.0 Å². The lowest BCUT2D eigenvalue weighted by Gasteiger charge is -2.31. The Kier molecular flexibility index (Phi) is 4.38. The van der Waals surface area contributed by atoms with Gasteiger partial charge in [0, 0.05) is 32.5 Å². The first-order chi connectivity index (χ1) is 9.04. The van der Waals surface area contributed by atoms with Crippen molar-refractivity contribution in [3.63, 3.8) is 0 Å². The minimum Gasteiger partial charge on any atom is -0.384 e. The summed E-state index contributed by atoms with van der Waals surface area (Å²) < 4.78 is 31.4. The number of hydrogen-bond acceptors (Lipinski definition) is 4. The van der Waals surface area contributed by atoms with Gasteiger partial charge in [-0.3, -0.25) is 4.79 Å². The average Bonchev–Trinajstić information content (AvgIpc) is 2.40. The molecule has 7 heteroatoms. The van der Waals surface area contributed by atoms with Gasteiger partial charge >= 0.3 is 0 Å². The summed E-state index contributed by atoms with van der Waals surface area (Å²) in [4.78, 5) is 13.5. The first kappa shape index (κ1) is 14.2. The lowest BCUT2D eigenvalue weighted by Crippen LogP contribution is -2.41. The maximum Gasteiger partial charge on any atom is 0.247 e. The van der Waals surface area contributed by atoms with Gasteiger partial charge in [-0.25, -0.2) is 8.42 Å². The van der Waals surface area contributed by atoms with Gasteiger partial charge in [-0.1, -0.05) is 0 Å². The van der Waals surface area contributed by atoms with E-state index in [1.54, 1.807) is 7.11 Å². The SMILES string of the molecule is COCC1CCCN(S(=O)(=O)c2ccc(=O)[nH]c2)C1. The first-order valence-corrected chi connectivity index (χ1v) is 7.66. The Bertz CT molecular complexity index is 559. The Hall–Kier alpha value is -1.18. The lowest BCUT2D eigenvalue weighted by atomic mass is 10.0. The molecule has 6 nitrogen and oxygen atoms in total. The second-order valence-corrected chi connectivity index (χ2v) is 6.65. The fourth-order valence-corrected chi connectivity index (χ4v) is 3.85. The number of rotatable bonds is 4. The van der Waals surface area contributed by atoms with Crippen LogP contribution in [0.3, 0.4) is 0 Å². The Morgan fingerprint density at radius 2 is 2.26 bits per heavy atom. The molecule has 0 aliphatic carbocycles. The second kappa shape index (κ2) is 5.85. The van der Waals surface area contributed by atoms with E-state index in [9.17, 15) is 13.2 Å². The van der Waals surface area contributed by atoms with Gasteiger partial charge in [-0.2, -0.15) is 4.31 Å². The zero-order chi connectivity index (χ0) is 13.9. The molecule has 1 N–H and O–H groups in total. The number of piperidine rings is 1. The molecular formula is C12H18N2O4S. The van der Waals surface area contributed by atoms with Crippen LogP contribution in [0.1, 0.15) is 12.8 Å². The Labute approximate surface area is 112 Å². The van der Waals surface area contributed by atoms with Crippen LogP contribution in [-0.4, -0.2) is 44.5 Å². The predicted molar refractivity (Wildman–Crippen MR) is 70.4 cm³/mol. The Morgan fingerprint density at radius 3 is 2.89 bits per heavy atom. The molecule has 0 saturated carbocycles. The molecule has 0 amide bonds. The highest BCUT2D eigenvalue weighted by Crippen LogP contribution is 2.23. The van der Waals surface area contributed by atoms with Crippen LogP contribution in [0.2, 0.25) is 0 Å². The molecule has 0 aromatic carbocycles. The summed E-state index contributed by atoms with van der Waals surface area (Å²) >= 11 is 0. The molecular weight excluding hydrogens is 268 g/mol. The van der Waals surface area contributed by atoms with Gasteiger partial charge in [-0.15, -0.1) is 0 Å². The maximum atomic E-state index is 12.4. The van der Waals surface area contributed by atoms with Crippen molar-refractivity contribution in [2.24, 2.45) is 5.92 Å². The molecule has 19 heavy (non-hydrogen) atoms. The van der Waals surface area contributed by atoms with Gasteiger partial charge < -0.3 is 9.72 Å². The van der Waals surface area contributed by atoms with Gasteiger partial charge in [0.1, 0.15) is 0 Å². The van der Waals surface area contributed by atoms with Gasteiger partial charge in [0.2, 0.25) is 15.6 Å². The van der Waals surface area contributed by atoms with Crippen molar-refractivity contribution < 1.29 is 13.2 Å². The number of ether oxygens (including phenoxy) is 1. The Balaban J connectivity index is 2.19. The molecule has 0 bridgehead atoms. The van der Waals surface area contributed by atoms with E-state index in [-0.39, 0.29) is 16.4 Å². The van der Waals surface area contributed by atoms with Crippen molar-refractivity contribution in [2.45, 2.75) is 17.7 Å². The summed E-state index contributed by atoms with van der Waals surface area (Å²) in [6.45, 7) is 1.55. The minimum atomic E-state index is -3.52. The molecule has 0 spiro atoms. The third kappa shape index (κ3) is 3.23. The number of H-pyrrole nitrogens is 1. The summed E-state index contributed by atoms with van der Waals surface area (Å²) in [6.07, 6.45) is 3.06. The van der Waals surface area contributed by atoms with E-state index in [0.29, 0.717) is 19.7 Å². The van der Waals surface area contributed by atoms with Crippen LogP contribution < -0.4 is 5.56 Å². The molecule has 1 fully saturated rings. The van der Waals surface area contributed by atoms with Crippen molar-refractivity contribution in [3.05, 3.63) is 28.7 Å². The molecule has 0 radical (unpaired) electrons. The van der Waals surface area contributed by atoms with E-state index < -0.39 is 10.0 Å². The number of aromatic amines is 1. The molecule has 1 aromatic rings. The summed E-state index contributed by atoms with van der Waals surface area (Å²) in [5.41, 5.74) is -0.310. The van der Waals surface area contributed by atoms with Crippen molar-refractivity contribution in [1.82, 2.24) is 9.29 Å². The second-order valence-electron chi connectivity index (χ2n) is 4.72. The van der Waals surface area contributed by atoms with E-state index in [4.69, 9.17) is 4.74 Å². The highest BCUT2D eigenvalue weighted by molar-refractivity contribution is 7.89. The summed E-state index contributed by atoms with van der Waals surface area (Å²) in [5, 5.41) is 0. The highest BCUT2D eigenvalue weighted by atomic mass is 32.2. The number of hydrogen-bond donors (Lipinski definition) is 1. The molecule has 1 saturated heterocycles. The van der Waals surface area contributed by atoms with Gasteiger partial charge in [-0.05, 0) is 24.8 Å². The van der Waals surface area contributed by atoms with Crippen LogP contribution in [-0.2, 0) is 14.8 Å². The zero-order valence-electron chi connectivity index (χ0n) is 10.8. The quantitative estimate of drug-likeness (QED) is 0.870.